The summed E-state index contributed by atoms with van der Waals surface area (Å²) < 4.78 is 10.2. The molecule has 1 aromatic carbocycles. The lowest BCUT2D eigenvalue weighted by Crippen LogP contribution is -2.10. The number of hydrogen-bond donors (Lipinski definition) is 0. The maximum atomic E-state index is 11.9. The molecule has 82 valence electrons. The fraction of sp³-hybridized carbons (Fsp3) is 0.167. The number of carbonyl (C=O) groups is 1. The van der Waals surface area contributed by atoms with Gasteiger partial charge in [0.1, 0.15) is 11.8 Å². The minimum Gasteiger partial charge on any atom is -0.463 e. The maximum absolute atomic E-state index is 11.9. The van der Waals surface area contributed by atoms with Crippen LogP contribution in [0.1, 0.15) is 15.9 Å². The largest absolute Gasteiger partial charge is 0.463 e. The number of rotatable bonds is 3. The molecule has 16 heavy (non-hydrogen) atoms. The van der Waals surface area contributed by atoms with Crippen LogP contribution in [0.5, 0.6) is 0 Å². The molecular formula is C12H10O4. The van der Waals surface area contributed by atoms with Crippen molar-refractivity contribution in [3.63, 3.8) is 0 Å². The van der Waals surface area contributed by atoms with E-state index in [9.17, 15) is 9.59 Å². The number of hydrogen-bond acceptors (Lipinski definition) is 4. The van der Waals surface area contributed by atoms with Crippen molar-refractivity contribution in [3.8, 4) is 0 Å². The van der Waals surface area contributed by atoms with Crippen LogP contribution in [0.25, 0.3) is 11.0 Å². The summed E-state index contributed by atoms with van der Waals surface area (Å²) in [7, 11) is 1.55. The highest BCUT2D eigenvalue weighted by Crippen LogP contribution is 2.16. The number of methoxy groups -OCH3 is 1. The summed E-state index contributed by atoms with van der Waals surface area (Å²) in [5.41, 5.74) is 0.891. The number of benzene rings is 1. The van der Waals surface area contributed by atoms with Crippen molar-refractivity contribution >= 4 is 17.3 Å². The van der Waals surface area contributed by atoms with Crippen LogP contribution >= 0.6 is 0 Å². The predicted molar refractivity (Wildman–Crippen MR) is 58.6 cm³/mol. The molecule has 0 bridgehead atoms. The Balaban J connectivity index is 2.82. The molecule has 1 heterocycles. The quantitative estimate of drug-likeness (QED) is 0.736. The van der Waals surface area contributed by atoms with E-state index in [0.717, 1.165) is 5.56 Å². The number of ether oxygens (including phenoxy) is 1. The Morgan fingerprint density at radius 3 is 2.94 bits per heavy atom. The van der Waals surface area contributed by atoms with Crippen molar-refractivity contribution in [1.82, 2.24) is 0 Å². The first-order chi connectivity index (χ1) is 7.77. The van der Waals surface area contributed by atoms with E-state index in [-0.39, 0.29) is 11.0 Å². The van der Waals surface area contributed by atoms with Crippen molar-refractivity contribution < 1.29 is 13.9 Å². The molecule has 2 aromatic rings. The van der Waals surface area contributed by atoms with E-state index in [2.05, 4.69) is 0 Å². The van der Waals surface area contributed by atoms with Crippen molar-refractivity contribution in [3.05, 3.63) is 45.8 Å². The van der Waals surface area contributed by atoms with Gasteiger partial charge in [-0.3, -0.25) is 9.59 Å². The van der Waals surface area contributed by atoms with Gasteiger partial charge in [-0.25, -0.2) is 0 Å². The summed E-state index contributed by atoms with van der Waals surface area (Å²) in [5.74, 6) is 0. The summed E-state index contributed by atoms with van der Waals surface area (Å²) >= 11 is 0. The Labute approximate surface area is 91.4 Å². The van der Waals surface area contributed by atoms with Crippen molar-refractivity contribution in [2.24, 2.45) is 0 Å². The third-order valence-corrected chi connectivity index (χ3v) is 2.34. The number of carbonyl (C=O) groups excluding carboxylic acids is 1. The molecule has 2 rings (SSSR count). The van der Waals surface area contributed by atoms with Crippen molar-refractivity contribution in [2.75, 3.05) is 7.11 Å². The second kappa shape index (κ2) is 4.28. The van der Waals surface area contributed by atoms with Crippen LogP contribution < -0.4 is 5.43 Å². The molecule has 0 aliphatic heterocycles. The Morgan fingerprint density at radius 2 is 2.25 bits per heavy atom. The molecular weight excluding hydrogens is 208 g/mol. The number of fused-ring (bicyclic) bond motifs is 1. The van der Waals surface area contributed by atoms with Gasteiger partial charge >= 0.3 is 0 Å². The van der Waals surface area contributed by atoms with Gasteiger partial charge in [0.25, 0.3) is 0 Å². The van der Waals surface area contributed by atoms with Gasteiger partial charge in [0.15, 0.2) is 6.29 Å². The zero-order valence-corrected chi connectivity index (χ0v) is 8.73. The summed E-state index contributed by atoms with van der Waals surface area (Å²) in [6, 6.07) is 5.24. The fourth-order valence-electron chi connectivity index (χ4n) is 1.61. The molecule has 4 nitrogen and oxygen atoms in total. The van der Waals surface area contributed by atoms with E-state index in [1.807, 2.05) is 0 Å². The predicted octanol–water partition coefficient (Wildman–Crippen LogP) is 1.75. The third kappa shape index (κ3) is 1.63. The smallest absolute Gasteiger partial charge is 0.203 e. The van der Waals surface area contributed by atoms with Gasteiger partial charge in [0.2, 0.25) is 5.43 Å². The highest BCUT2D eigenvalue weighted by Gasteiger charge is 2.09. The minimum atomic E-state index is -0.316. The molecule has 0 amide bonds. The van der Waals surface area contributed by atoms with Gasteiger partial charge in [0, 0.05) is 7.11 Å². The van der Waals surface area contributed by atoms with Crippen LogP contribution in [0.2, 0.25) is 0 Å². The second-order valence-electron chi connectivity index (χ2n) is 3.36. The SMILES string of the molecule is COCc1cccc2occ(C=O)c(=O)c12. The highest BCUT2D eigenvalue weighted by atomic mass is 16.5. The first-order valence-electron chi connectivity index (χ1n) is 4.75. The molecule has 1 aromatic heterocycles. The molecule has 0 aliphatic carbocycles. The summed E-state index contributed by atoms with van der Waals surface area (Å²) in [4.78, 5) is 22.6. The molecule has 0 fully saturated rings. The lowest BCUT2D eigenvalue weighted by molar-refractivity contribution is 0.112. The first kappa shape index (κ1) is 10.6. The van der Waals surface area contributed by atoms with Crippen molar-refractivity contribution in [2.45, 2.75) is 6.61 Å². The van der Waals surface area contributed by atoms with Gasteiger partial charge in [-0.2, -0.15) is 0 Å². The molecule has 4 heteroatoms. The molecule has 0 radical (unpaired) electrons. The second-order valence-corrected chi connectivity index (χ2v) is 3.36. The highest BCUT2D eigenvalue weighted by molar-refractivity contribution is 5.86. The Morgan fingerprint density at radius 1 is 1.44 bits per heavy atom. The molecule has 0 unspecified atom stereocenters. The van der Waals surface area contributed by atoms with E-state index in [4.69, 9.17) is 9.15 Å². The number of aldehydes is 1. The monoisotopic (exact) mass is 218 g/mol. The summed E-state index contributed by atoms with van der Waals surface area (Å²) in [6.45, 7) is 0.310. The van der Waals surface area contributed by atoms with E-state index in [1.54, 1.807) is 25.3 Å². The van der Waals surface area contributed by atoms with Crippen molar-refractivity contribution in [1.29, 1.82) is 0 Å². The lowest BCUT2D eigenvalue weighted by atomic mass is 10.1. The van der Waals surface area contributed by atoms with Crippen LogP contribution in [0.4, 0.5) is 0 Å². The van der Waals surface area contributed by atoms with Gasteiger partial charge in [-0.05, 0) is 11.6 Å². The van der Waals surface area contributed by atoms with Gasteiger partial charge < -0.3 is 9.15 Å². The molecule has 0 saturated heterocycles. The molecule has 0 N–H and O–H groups in total. The first-order valence-corrected chi connectivity index (χ1v) is 4.75. The van der Waals surface area contributed by atoms with E-state index < -0.39 is 0 Å². The summed E-state index contributed by atoms with van der Waals surface area (Å²) in [5, 5.41) is 0.411. The Bertz CT molecular complexity index is 583. The van der Waals surface area contributed by atoms with Crippen LogP contribution in [0.3, 0.4) is 0 Å². The van der Waals surface area contributed by atoms with Crippen LogP contribution in [0, 0.1) is 0 Å². The van der Waals surface area contributed by atoms with E-state index in [1.165, 1.54) is 6.26 Å². The van der Waals surface area contributed by atoms with Crippen LogP contribution in [-0.4, -0.2) is 13.4 Å². The van der Waals surface area contributed by atoms with Gasteiger partial charge in [-0.15, -0.1) is 0 Å². The van der Waals surface area contributed by atoms with Gasteiger partial charge in [-0.1, -0.05) is 12.1 Å². The molecule has 0 atom stereocenters. The summed E-state index contributed by atoms with van der Waals surface area (Å²) in [6.07, 6.45) is 1.67. The Hall–Kier alpha value is -1.94. The third-order valence-electron chi connectivity index (χ3n) is 2.34. The molecule has 0 aliphatic rings. The average Bonchev–Trinajstić information content (AvgIpc) is 2.30. The van der Waals surface area contributed by atoms with E-state index in [0.29, 0.717) is 23.9 Å². The van der Waals surface area contributed by atoms with E-state index >= 15 is 0 Å². The van der Waals surface area contributed by atoms with Gasteiger partial charge in [0.05, 0.1) is 17.6 Å². The Kier molecular flexibility index (Phi) is 2.83. The maximum Gasteiger partial charge on any atom is 0.203 e. The zero-order chi connectivity index (χ0) is 11.5. The molecule has 0 spiro atoms. The topological polar surface area (TPSA) is 56.5 Å². The normalized spacial score (nSPS) is 10.6. The standard InChI is InChI=1S/C12H10O4/c1-15-6-8-3-2-4-10-11(8)12(14)9(5-13)7-16-10/h2-5,7H,6H2,1H3. The zero-order valence-electron chi connectivity index (χ0n) is 8.73. The lowest BCUT2D eigenvalue weighted by Gasteiger charge is -2.04. The van der Waals surface area contributed by atoms with Crippen LogP contribution in [-0.2, 0) is 11.3 Å². The fourth-order valence-corrected chi connectivity index (χ4v) is 1.61. The van der Waals surface area contributed by atoms with Crippen LogP contribution in [0.15, 0.2) is 33.7 Å². The minimum absolute atomic E-state index is 0.0241. The average molecular weight is 218 g/mol. The molecule has 0 saturated carbocycles.